The normalized spacial score (nSPS) is 11.6. The number of benzene rings is 2. The molecule has 1 atom stereocenters. The van der Waals surface area contributed by atoms with Crippen molar-refractivity contribution in [2.24, 2.45) is 0 Å². The third-order valence-corrected chi connectivity index (χ3v) is 3.99. The Hall–Kier alpha value is -1.95. The van der Waals surface area contributed by atoms with Crippen molar-refractivity contribution in [2.45, 2.75) is 20.0 Å². The zero-order valence-electron chi connectivity index (χ0n) is 13.9. The molecule has 0 spiro atoms. The van der Waals surface area contributed by atoms with Crippen molar-refractivity contribution in [2.75, 3.05) is 6.61 Å². The average molecular weight is 418 g/mol. The molecule has 5 nitrogen and oxygen atoms in total. The van der Waals surface area contributed by atoms with Gasteiger partial charge in [-0.15, -0.1) is 0 Å². The smallest absolute Gasteiger partial charge is 0.354 e. The molecule has 0 heterocycles. The lowest BCUT2D eigenvalue weighted by molar-refractivity contribution is -0.165. The van der Waals surface area contributed by atoms with Crippen molar-refractivity contribution in [3.63, 3.8) is 0 Å². The first-order valence-electron chi connectivity index (χ1n) is 7.51. The standard InChI is InChI=1S/C18H15Cl3O5/c1-10-7-12(19)3-5-15(10)25-11(2)18(23)26-17(22)9-24-16-6-4-13(20)8-14(16)21/h3-8,11H,9H2,1-2H3. The van der Waals surface area contributed by atoms with Gasteiger partial charge in [0.25, 0.3) is 0 Å². The maximum Gasteiger partial charge on any atom is 0.354 e. The predicted octanol–water partition coefficient (Wildman–Crippen LogP) is 4.87. The minimum absolute atomic E-state index is 0.242. The Bertz CT molecular complexity index is 822. The second-order valence-corrected chi connectivity index (χ2v) is 6.61. The highest BCUT2D eigenvalue weighted by molar-refractivity contribution is 6.35. The summed E-state index contributed by atoms with van der Waals surface area (Å²) in [6.45, 7) is 2.77. The molecule has 1 unspecified atom stereocenters. The van der Waals surface area contributed by atoms with Crippen LogP contribution in [-0.2, 0) is 14.3 Å². The largest absolute Gasteiger partial charge is 0.480 e. The summed E-state index contributed by atoms with van der Waals surface area (Å²) in [4.78, 5) is 23.7. The zero-order chi connectivity index (χ0) is 19.3. The van der Waals surface area contributed by atoms with E-state index >= 15 is 0 Å². The van der Waals surface area contributed by atoms with Gasteiger partial charge in [-0.2, -0.15) is 0 Å². The Morgan fingerprint density at radius 2 is 1.62 bits per heavy atom. The van der Waals surface area contributed by atoms with E-state index in [9.17, 15) is 9.59 Å². The van der Waals surface area contributed by atoms with Gasteiger partial charge in [0.2, 0.25) is 0 Å². The van der Waals surface area contributed by atoms with Crippen LogP contribution in [0.2, 0.25) is 15.1 Å². The highest BCUT2D eigenvalue weighted by Crippen LogP contribution is 2.27. The number of hydrogen-bond acceptors (Lipinski definition) is 5. The van der Waals surface area contributed by atoms with E-state index in [0.29, 0.717) is 15.8 Å². The maximum atomic E-state index is 12.0. The summed E-state index contributed by atoms with van der Waals surface area (Å²) in [5, 5.41) is 1.23. The topological polar surface area (TPSA) is 61.8 Å². The van der Waals surface area contributed by atoms with E-state index in [2.05, 4.69) is 0 Å². The van der Waals surface area contributed by atoms with Crippen molar-refractivity contribution in [3.8, 4) is 11.5 Å². The fourth-order valence-electron chi connectivity index (χ4n) is 1.94. The number of rotatable bonds is 6. The molecule has 0 radical (unpaired) electrons. The monoisotopic (exact) mass is 416 g/mol. The average Bonchev–Trinajstić information content (AvgIpc) is 2.56. The molecule has 8 heteroatoms. The number of ether oxygens (including phenoxy) is 3. The molecule has 0 fully saturated rings. The van der Waals surface area contributed by atoms with E-state index in [4.69, 9.17) is 49.0 Å². The van der Waals surface area contributed by atoms with Crippen molar-refractivity contribution < 1.29 is 23.8 Å². The van der Waals surface area contributed by atoms with Crippen molar-refractivity contribution >= 4 is 46.7 Å². The molecule has 0 amide bonds. The molecule has 26 heavy (non-hydrogen) atoms. The van der Waals surface area contributed by atoms with E-state index in [0.717, 1.165) is 5.56 Å². The van der Waals surface area contributed by atoms with Gasteiger partial charge >= 0.3 is 11.9 Å². The number of aryl methyl sites for hydroxylation is 1. The first-order chi connectivity index (χ1) is 12.3. The van der Waals surface area contributed by atoms with Crippen LogP contribution in [0.3, 0.4) is 0 Å². The molecule has 0 aliphatic carbocycles. The summed E-state index contributed by atoms with van der Waals surface area (Å²) in [5.74, 6) is -0.989. The SMILES string of the molecule is Cc1cc(Cl)ccc1OC(C)C(=O)OC(=O)COc1ccc(Cl)cc1Cl. The Labute approximate surface area is 165 Å². The van der Waals surface area contributed by atoms with Crippen molar-refractivity contribution in [3.05, 3.63) is 57.0 Å². The highest BCUT2D eigenvalue weighted by atomic mass is 35.5. The second kappa shape index (κ2) is 9.12. The van der Waals surface area contributed by atoms with Crippen LogP contribution in [0.25, 0.3) is 0 Å². The fourth-order valence-corrected chi connectivity index (χ4v) is 2.63. The van der Waals surface area contributed by atoms with E-state index in [-0.39, 0.29) is 10.8 Å². The Balaban J connectivity index is 1.86. The minimum atomic E-state index is -0.988. The van der Waals surface area contributed by atoms with E-state index in [1.807, 2.05) is 0 Å². The summed E-state index contributed by atoms with van der Waals surface area (Å²) >= 11 is 17.6. The molecule has 2 aromatic rings. The van der Waals surface area contributed by atoms with Crippen LogP contribution in [0.4, 0.5) is 0 Å². The summed E-state index contributed by atoms with van der Waals surface area (Å²) in [7, 11) is 0. The molecule has 2 rings (SSSR count). The van der Waals surface area contributed by atoms with Gasteiger partial charge in [-0.25, -0.2) is 9.59 Å². The summed E-state index contributed by atoms with van der Waals surface area (Å²) in [5.41, 5.74) is 0.754. The van der Waals surface area contributed by atoms with Crippen molar-refractivity contribution in [1.29, 1.82) is 0 Å². The van der Waals surface area contributed by atoms with Gasteiger partial charge in [-0.3, -0.25) is 0 Å². The zero-order valence-corrected chi connectivity index (χ0v) is 16.2. The van der Waals surface area contributed by atoms with Crippen LogP contribution in [0.15, 0.2) is 36.4 Å². The van der Waals surface area contributed by atoms with Gasteiger partial charge in [0, 0.05) is 10.0 Å². The number of carbonyl (C=O) groups is 2. The Morgan fingerprint density at radius 1 is 1.00 bits per heavy atom. The number of carbonyl (C=O) groups excluding carboxylic acids is 2. The third-order valence-electron chi connectivity index (χ3n) is 3.23. The Morgan fingerprint density at radius 3 is 2.23 bits per heavy atom. The van der Waals surface area contributed by atoms with Gasteiger partial charge in [-0.1, -0.05) is 34.8 Å². The second-order valence-electron chi connectivity index (χ2n) is 5.33. The quantitative estimate of drug-likeness (QED) is 0.495. The van der Waals surface area contributed by atoms with Crippen LogP contribution >= 0.6 is 34.8 Å². The first-order valence-corrected chi connectivity index (χ1v) is 8.65. The number of hydrogen-bond donors (Lipinski definition) is 0. The lowest BCUT2D eigenvalue weighted by Gasteiger charge is -2.15. The van der Waals surface area contributed by atoms with Gasteiger partial charge in [-0.05, 0) is 55.8 Å². The number of halogens is 3. The summed E-state index contributed by atoms with van der Waals surface area (Å²) < 4.78 is 15.4. The molecule has 0 aliphatic rings. The van der Waals surface area contributed by atoms with Crippen LogP contribution in [0.5, 0.6) is 11.5 Å². The maximum absolute atomic E-state index is 12.0. The third kappa shape index (κ3) is 5.80. The van der Waals surface area contributed by atoms with E-state index in [1.54, 1.807) is 31.2 Å². The molecule has 0 saturated carbocycles. The molecular weight excluding hydrogens is 403 g/mol. The summed E-state index contributed by atoms with van der Waals surface area (Å²) in [6.07, 6.45) is -0.988. The van der Waals surface area contributed by atoms with Gasteiger partial charge in [0.1, 0.15) is 11.5 Å². The molecular formula is C18H15Cl3O5. The Kier molecular flexibility index (Phi) is 7.14. The molecule has 0 aromatic heterocycles. The van der Waals surface area contributed by atoms with Crippen LogP contribution in [0, 0.1) is 6.92 Å². The molecule has 0 saturated heterocycles. The summed E-state index contributed by atoms with van der Waals surface area (Å²) in [6, 6.07) is 9.51. The van der Waals surface area contributed by atoms with E-state index in [1.165, 1.54) is 19.1 Å². The van der Waals surface area contributed by atoms with Gasteiger partial charge < -0.3 is 14.2 Å². The lowest BCUT2D eigenvalue weighted by atomic mass is 10.2. The fraction of sp³-hybridized carbons (Fsp3) is 0.222. The molecule has 0 aliphatic heterocycles. The first kappa shape index (κ1) is 20.4. The predicted molar refractivity (Wildman–Crippen MR) is 99.3 cm³/mol. The van der Waals surface area contributed by atoms with Crippen LogP contribution < -0.4 is 9.47 Å². The van der Waals surface area contributed by atoms with Crippen molar-refractivity contribution in [1.82, 2.24) is 0 Å². The molecule has 138 valence electrons. The molecule has 0 N–H and O–H groups in total. The van der Waals surface area contributed by atoms with Crippen LogP contribution in [-0.4, -0.2) is 24.6 Å². The van der Waals surface area contributed by atoms with Gasteiger partial charge in [0.05, 0.1) is 5.02 Å². The lowest BCUT2D eigenvalue weighted by Crippen LogP contribution is -2.30. The van der Waals surface area contributed by atoms with E-state index < -0.39 is 24.6 Å². The highest BCUT2D eigenvalue weighted by Gasteiger charge is 2.21. The minimum Gasteiger partial charge on any atom is -0.480 e. The number of esters is 2. The molecule has 2 aromatic carbocycles. The van der Waals surface area contributed by atoms with Gasteiger partial charge in [0.15, 0.2) is 12.7 Å². The van der Waals surface area contributed by atoms with Crippen LogP contribution in [0.1, 0.15) is 12.5 Å². The molecule has 0 bridgehead atoms.